The van der Waals surface area contributed by atoms with Crippen LogP contribution in [0.2, 0.25) is 0 Å². The molecule has 2 aromatic carbocycles. The smallest absolute Gasteiger partial charge is 0.242 e. The third kappa shape index (κ3) is 6.32. The molecule has 0 spiro atoms. The molecule has 6 heteroatoms. The Balaban J connectivity index is 1.98. The molecule has 0 saturated heterocycles. The first-order valence-electron chi connectivity index (χ1n) is 8.80. The summed E-state index contributed by atoms with van der Waals surface area (Å²) in [5.74, 6) is 1.64. The van der Waals surface area contributed by atoms with E-state index < -0.39 is 6.04 Å². The summed E-state index contributed by atoms with van der Waals surface area (Å²) in [4.78, 5) is 26.5. The van der Waals surface area contributed by atoms with Gasteiger partial charge in [0.05, 0.1) is 12.9 Å². The average molecular weight is 387 g/mol. The maximum atomic E-state index is 12.8. The topological polar surface area (TPSA) is 58.6 Å². The Morgan fingerprint density at radius 2 is 1.74 bits per heavy atom. The van der Waals surface area contributed by atoms with E-state index in [-0.39, 0.29) is 11.8 Å². The Labute approximate surface area is 165 Å². The molecule has 0 radical (unpaired) electrons. The van der Waals surface area contributed by atoms with Crippen LogP contribution >= 0.6 is 11.8 Å². The molecule has 1 atom stereocenters. The monoisotopic (exact) mass is 386 g/mol. The Bertz CT molecular complexity index is 735. The molecule has 0 saturated carbocycles. The van der Waals surface area contributed by atoms with Crippen molar-refractivity contribution in [1.82, 2.24) is 10.2 Å². The standard InChI is InChI=1S/C21H26N2O3S/c1-16(21(25)22-2)23(13-17-7-5-4-6-8-17)20(24)15-27-14-18-9-11-19(26-3)12-10-18/h4-12,16H,13-15H2,1-3H3,(H,22,25)/t16-/m0/s1. The second kappa shape index (κ2) is 10.6. The van der Waals surface area contributed by atoms with Crippen molar-refractivity contribution in [2.45, 2.75) is 25.3 Å². The minimum atomic E-state index is -0.524. The van der Waals surface area contributed by atoms with Crippen LogP contribution in [-0.2, 0) is 21.9 Å². The van der Waals surface area contributed by atoms with Crippen LogP contribution in [0.1, 0.15) is 18.1 Å². The molecule has 5 nitrogen and oxygen atoms in total. The Kier molecular flexibility index (Phi) is 8.20. The van der Waals surface area contributed by atoms with Crippen molar-refractivity contribution >= 4 is 23.6 Å². The first-order valence-corrected chi connectivity index (χ1v) is 9.96. The van der Waals surface area contributed by atoms with Gasteiger partial charge >= 0.3 is 0 Å². The van der Waals surface area contributed by atoms with Crippen molar-refractivity contribution in [3.05, 3.63) is 65.7 Å². The Morgan fingerprint density at radius 1 is 1.07 bits per heavy atom. The predicted molar refractivity (Wildman–Crippen MR) is 110 cm³/mol. The van der Waals surface area contributed by atoms with Crippen LogP contribution in [0.3, 0.4) is 0 Å². The molecule has 27 heavy (non-hydrogen) atoms. The van der Waals surface area contributed by atoms with Crippen LogP contribution in [0.25, 0.3) is 0 Å². The van der Waals surface area contributed by atoms with Crippen LogP contribution in [0, 0.1) is 0 Å². The van der Waals surface area contributed by atoms with Crippen molar-refractivity contribution in [3.8, 4) is 5.75 Å². The van der Waals surface area contributed by atoms with Gasteiger partial charge in [-0.25, -0.2) is 0 Å². The predicted octanol–water partition coefficient (Wildman–Crippen LogP) is 3.09. The van der Waals surface area contributed by atoms with Gasteiger partial charge < -0.3 is 15.0 Å². The third-order valence-electron chi connectivity index (χ3n) is 4.26. The molecule has 0 aliphatic rings. The highest BCUT2D eigenvalue weighted by atomic mass is 32.2. The minimum absolute atomic E-state index is 0.0477. The summed E-state index contributed by atoms with van der Waals surface area (Å²) in [5.41, 5.74) is 2.13. The second-order valence-electron chi connectivity index (χ2n) is 6.14. The van der Waals surface area contributed by atoms with E-state index >= 15 is 0 Å². The maximum absolute atomic E-state index is 12.8. The van der Waals surface area contributed by atoms with Crippen LogP contribution in [-0.4, -0.2) is 42.7 Å². The summed E-state index contributed by atoms with van der Waals surface area (Å²) < 4.78 is 5.15. The quantitative estimate of drug-likeness (QED) is 0.719. The number of amides is 2. The number of hydrogen-bond donors (Lipinski definition) is 1. The number of nitrogens with zero attached hydrogens (tertiary/aromatic N) is 1. The number of carbonyl (C=O) groups is 2. The molecule has 0 aromatic heterocycles. The number of likely N-dealkylation sites (N-methyl/N-ethyl adjacent to an activating group) is 1. The van der Waals surface area contributed by atoms with E-state index in [2.05, 4.69) is 5.32 Å². The van der Waals surface area contributed by atoms with Crippen molar-refractivity contribution < 1.29 is 14.3 Å². The van der Waals surface area contributed by atoms with Crippen molar-refractivity contribution in [3.63, 3.8) is 0 Å². The second-order valence-corrected chi connectivity index (χ2v) is 7.12. The zero-order chi connectivity index (χ0) is 19.6. The third-order valence-corrected chi connectivity index (χ3v) is 5.25. The summed E-state index contributed by atoms with van der Waals surface area (Å²) in [7, 11) is 3.22. The molecular formula is C21H26N2O3S. The molecule has 0 unspecified atom stereocenters. The lowest BCUT2D eigenvalue weighted by molar-refractivity contribution is -0.138. The normalized spacial score (nSPS) is 11.5. The number of ether oxygens (including phenoxy) is 1. The zero-order valence-corrected chi connectivity index (χ0v) is 16.8. The lowest BCUT2D eigenvalue weighted by atomic mass is 10.1. The van der Waals surface area contributed by atoms with E-state index in [1.807, 2.05) is 54.6 Å². The van der Waals surface area contributed by atoms with E-state index in [1.165, 1.54) is 11.8 Å². The number of carbonyl (C=O) groups excluding carboxylic acids is 2. The van der Waals surface area contributed by atoms with E-state index in [1.54, 1.807) is 26.0 Å². The van der Waals surface area contributed by atoms with Crippen LogP contribution < -0.4 is 10.1 Å². The fourth-order valence-corrected chi connectivity index (χ4v) is 3.50. The molecule has 2 amide bonds. The van der Waals surface area contributed by atoms with Gasteiger partial charge in [0.25, 0.3) is 0 Å². The van der Waals surface area contributed by atoms with Gasteiger partial charge in [-0.2, -0.15) is 0 Å². The van der Waals surface area contributed by atoms with Gasteiger partial charge in [-0.05, 0) is 30.2 Å². The summed E-state index contributed by atoms with van der Waals surface area (Å²) in [6.45, 7) is 2.17. The van der Waals surface area contributed by atoms with Gasteiger partial charge in [0.2, 0.25) is 11.8 Å². The van der Waals surface area contributed by atoms with E-state index in [0.29, 0.717) is 12.3 Å². The maximum Gasteiger partial charge on any atom is 0.242 e. The fraction of sp³-hybridized carbons (Fsp3) is 0.333. The van der Waals surface area contributed by atoms with Crippen LogP contribution in [0.15, 0.2) is 54.6 Å². The molecule has 0 aliphatic heterocycles. The number of methoxy groups -OCH3 is 1. The number of thioether (sulfide) groups is 1. The molecule has 2 rings (SSSR count). The summed E-state index contributed by atoms with van der Waals surface area (Å²) in [5, 5.41) is 2.63. The van der Waals surface area contributed by atoms with Gasteiger partial charge in [-0.15, -0.1) is 11.8 Å². The highest BCUT2D eigenvalue weighted by Crippen LogP contribution is 2.18. The highest BCUT2D eigenvalue weighted by molar-refractivity contribution is 7.99. The number of benzene rings is 2. The molecular weight excluding hydrogens is 360 g/mol. The fourth-order valence-electron chi connectivity index (χ4n) is 2.63. The summed E-state index contributed by atoms with van der Waals surface area (Å²) >= 11 is 1.54. The van der Waals surface area contributed by atoms with Crippen LogP contribution in [0.5, 0.6) is 5.75 Å². The number of nitrogens with one attached hydrogen (secondary N) is 1. The lowest BCUT2D eigenvalue weighted by Crippen LogP contribution is -2.47. The Morgan fingerprint density at radius 3 is 2.33 bits per heavy atom. The van der Waals surface area contributed by atoms with Gasteiger partial charge in [0, 0.05) is 19.3 Å². The van der Waals surface area contributed by atoms with Gasteiger partial charge in [-0.1, -0.05) is 42.5 Å². The lowest BCUT2D eigenvalue weighted by Gasteiger charge is -2.28. The van der Waals surface area contributed by atoms with Crippen molar-refractivity contribution in [2.24, 2.45) is 0 Å². The summed E-state index contributed by atoms with van der Waals surface area (Å²) in [6, 6.07) is 17.0. The van der Waals surface area contributed by atoms with E-state index in [9.17, 15) is 9.59 Å². The Hall–Kier alpha value is -2.47. The number of rotatable bonds is 9. The SMILES string of the molecule is CNC(=O)[C@H](C)N(Cc1ccccc1)C(=O)CSCc1ccc(OC)cc1. The first kappa shape index (κ1) is 20.8. The molecule has 0 aliphatic carbocycles. The van der Waals surface area contributed by atoms with E-state index in [0.717, 1.165) is 22.6 Å². The largest absolute Gasteiger partial charge is 0.497 e. The van der Waals surface area contributed by atoms with E-state index in [4.69, 9.17) is 4.74 Å². The van der Waals surface area contributed by atoms with Crippen molar-refractivity contribution in [1.29, 1.82) is 0 Å². The van der Waals surface area contributed by atoms with Gasteiger partial charge in [0.15, 0.2) is 0 Å². The van der Waals surface area contributed by atoms with Gasteiger partial charge in [0.1, 0.15) is 11.8 Å². The summed E-state index contributed by atoms with van der Waals surface area (Å²) in [6.07, 6.45) is 0. The molecule has 0 heterocycles. The molecule has 0 bridgehead atoms. The molecule has 0 fully saturated rings. The highest BCUT2D eigenvalue weighted by Gasteiger charge is 2.25. The molecule has 1 N–H and O–H groups in total. The average Bonchev–Trinajstić information content (AvgIpc) is 2.72. The van der Waals surface area contributed by atoms with Crippen LogP contribution in [0.4, 0.5) is 0 Å². The number of hydrogen-bond acceptors (Lipinski definition) is 4. The van der Waals surface area contributed by atoms with Gasteiger partial charge in [-0.3, -0.25) is 9.59 Å². The first-order chi connectivity index (χ1) is 13.0. The molecule has 144 valence electrons. The minimum Gasteiger partial charge on any atom is -0.497 e. The van der Waals surface area contributed by atoms with Crippen molar-refractivity contribution in [2.75, 3.05) is 19.9 Å². The molecule has 2 aromatic rings. The zero-order valence-electron chi connectivity index (χ0n) is 16.0.